The highest BCUT2D eigenvalue weighted by atomic mass is 79.9. The molecule has 1 atom stereocenters. The largest absolute Gasteiger partial charge is 0.506 e. The van der Waals surface area contributed by atoms with E-state index in [-0.39, 0.29) is 28.2 Å². The maximum absolute atomic E-state index is 13.2. The van der Waals surface area contributed by atoms with E-state index in [2.05, 4.69) is 15.9 Å². The average molecular weight is 303 g/mol. The molecular weight excluding hydrogens is 291 g/mol. The summed E-state index contributed by atoms with van der Waals surface area (Å²) < 4.78 is 26.3. The lowest BCUT2D eigenvalue weighted by Crippen LogP contribution is -2.12. The van der Waals surface area contributed by atoms with E-state index in [1.165, 1.54) is 0 Å². The van der Waals surface area contributed by atoms with Gasteiger partial charge in [0.25, 0.3) is 0 Å². The lowest BCUT2D eigenvalue weighted by Gasteiger charge is -2.13. The van der Waals surface area contributed by atoms with E-state index in [0.29, 0.717) is 6.42 Å². The molecule has 3 N–H and O–H groups in total. The molecule has 6 heteroatoms. The van der Waals surface area contributed by atoms with Gasteiger partial charge in [0, 0.05) is 6.04 Å². The van der Waals surface area contributed by atoms with Crippen LogP contribution in [0.15, 0.2) is 10.5 Å². The minimum atomic E-state index is -1.08. The molecule has 0 fully saturated rings. The normalized spacial score (nSPS) is 12.1. The Labute approximate surface area is 101 Å². The van der Waals surface area contributed by atoms with Crippen LogP contribution in [0.4, 0.5) is 8.78 Å². The molecule has 0 aliphatic carbocycles. The number of hydrogen-bond acceptors (Lipinski definition) is 2. The van der Waals surface area contributed by atoms with Crippen LogP contribution >= 0.6 is 28.3 Å². The van der Waals surface area contributed by atoms with Crippen LogP contribution in [0.2, 0.25) is 0 Å². The quantitative estimate of drug-likeness (QED) is 0.824. The van der Waals surface area contributed by atoms with Crippen LogP contribution in [0.1, 0.15) is 24.9 Å². The summed E-state index contributed by atoms with van der Waals surface area (Å²) in [5.41, 5.74) is 5.37. The first-order chi connectivity index (χ1) is 6.49. The third kappa shape index (κ3) is 2.80. The van der Waals surface area contributed by atoms with Crippen LogP contribution in [-0.2, 0) is 0 Å². The Morgan fingerprint density at radius 3 is 2.53 bits per heavy atom. The number of phenols is 1. The molecule has 0 aliphatic rings. The molecule has 0 saturated carbocycles. The first-order valence-electron chi connectivity index (χ1n) is 4.11. The summed E-state index contributed by atoms with van der Waals surface area (Å²) in [6.45, 7) is 1.72. The number of aromatic hydroxyl groups is 1. The van der Waals surface area contributed by atoms with E-state index in [1.807, 2.05) is 0 Å². The van der Waals surface area contributed by atoms with E-state index in [4.69, 9.17) is 5.73 Å². The Balaban J connectivity index is 0.00000196. The number of phenolic OH excluding ortho intramolecular Hbond substituents is 1. The van der Waals surface area contributed by atoms with Crippen molar-refractivity contribution in [2.45, 2.75) is 19.4 Å². The van der Waals surface area contributed by atoms with Crippen molar-refractivity contribution in [2.24, 2.45) is 5.73 Å². The number of rotatable bonds is 2. The Morgan fingerprint density at radius 1 is 1.53 bits per heavy atom. The van der Waals surface area contributed by atoms with Crippen molar-refractivity contribution < 1.29 is 13.9 Å². The van der Waals surface area contributed by atoms with Gasteiger partial charge in [0.15, 0.2) is 11.6 Å². The second kappa shape index (κ2) is 5.63. The topological polar surface area (TPSA) is 46.2 Å². The summed E-state index contributed by atoms with van der Waals surface area (Å²) in [5.74, 6) is -2.44. The molecule has 0 unspecified atom stereocenters. The van der Waals surface area contributed by atoms with Crippen molar-refractivity contribution >= 4 is 28.3 Å². The van der Waals surface area contributed by atoms with E-state index >= 15 is 0 Å². The molecule has 0 aromatic heterocycles. The molecule has 1 rings (SSSR count). The highest BCUT2D eigenvalue weighted by Crippen LogP contribution is 2.35. The molecule has 0 aliphatic heterocycles. The molecule has 0 amide bonds. The number of nitrogens with two attached hydrogens (primary N) is 1. The van der Waals surface area contributed by atoms with Gasteiger partial charge >= 0.3 is 0 Å². The summed E-state index contributed by atoms with van der Waals surface area (Å²) in [6, 6.07) is 0.165. The smallest absolute Gasteiger partial charge is 0.167 e. The molecule has 15 heavy (non-hydrogen) atoms. The number of hydrogen-bond donors (Lipinski definition) is 2. The zero-order valence-electron chi connectivity index (χ0n) is 7.93. The molecule has 0 spiro atoms. The molecule has 1 aromatic carbocycles. The van der Waals surface area contributed by atoms with Crippen LogP contribution in [0.25, 0.3) is 0 Å². The minimum absolute atomic E-state index is 0. The fourth-order valence-electron chi connectivity index (χ4n) is 1.15. The van der Waals surface area contributed by atoms with Crippen LogP contribution in [0.3, 0.4) is 0 Å². The van der Waals surface area contributed by atoms with Gasteiger partial charge in [-0.25, -0.2) is 8.78 Å². The Kier molecular flexibility index (Phi) is 5.48. The molecule has 0 radical (unpaired) electrons. The van der Waals surface area contributed by atoms with Crippen molar-refractivity contribution in [3.05, 3.63) is 27.7 Å². The van der Waals surface area contributed by atoms with Gasteiger partial charge in [-0.3, -0.25) is 0 Å². The van der Waals surface area contributed by atoms with Gasteiger partial charge in [-0.05, 0) is 28.4 Å². The summed E-state index contributed by atoms with van der Waals surface area (Å²) in [4.78, 5) is 0. The molecule has 0 saturated heterocycles. The zero-order valence-corrected chi connectivity index (χ0v) is 10.3. The molecule has 1 aromatic rings. The highest BCUT2D eigenvalue weighted by Gasteiger charge is 2.20. The van der Waals surface area contributed by atoms with Gasteiger partial charge in [-0.15, -0.1) is 12.4 Å². The van der Waals surface area contributed by atoms with Gasteiger partial charge < -0.3 is 10.8 Å². The fourth-order valence-corrected chi connectivity index (χ4v) is 1.56. The summed E-state index contributed by atoms with van der Waals surface area (Å²) in [6.07, 6.45) is 0.417. The maximum atomic E-state index is 13.2. The summed E-state index contributed by atoms with van der Waals surface area (Å²) in [7, 11) is 0. The maximum Gasteiger partial charge on any atom is 0.167 e. The van der Waals surface area contributed by atoms with E-state index < -0.39 is 17.7 Å². The monoisotopic (exact) mass is 301 g/mol. The SMILES string of the molecule is CC[C@H](N)c1c(O)c(Br)cc(F)c1F.Cl. The lowest BCUT2D eigenvalue weighted by molar-refractivity contribution is 0.426. The molecule has 2 nitrogen and oxygen atoms in total. The second-order valence-electron chi connectivity index (χ2n) is 2.93. The lowest BCUT2D eigenvalue weighted by atomic mass is 10.0. The first kappa shape index (κ1) is 14.6. The van der Waals surface area contributed by atoms with E-state index in [0.717, 1.165) is 6.07 Å². The third-order valence-electron chi connectivity index (χ3n) is 1.99. The van der Waals surface area contributed by atoms with Gasteiger partial charge in [-0.2, -0.15) is 0 Å². The van der Waals surface area contributed by atoms with Crippen molar-refractivity contribution in [1.82, 2.24) is 0 Å². The van der Waals surface area contributed by atoms with Crippen LogP contribution in [-0.4, -0.2) is 5.11 Å². The van der Waals surface area contributed by atoms with Gasteiger partial charge in [0.05, 0.1) is 10.0 Å². The summed E-state index contributed by atoms with van der Waals surface area (Å²) >= 11 is 2.92. The van der Waals surface area contributed by atoms with E-state index in [9.17, 15) is 13.9 Å². The number of halogens is 4. The summed E-state index contributed by atoms with van der Waals surface area (Å²) in [5, 5.41) is 9.47. The van der Waals surface area contributed by atoms with Gasteiger partial charge in [0.1, 0.15) is 5.75 Å². The van der Waals surface area contributed by atoms with Crippen molar-refractivity contribution in [3.63, 3.8) is 0 Å². The second-order valence-corrected chi connectivity index (χ2v) is 3.79. The average Bonchev–Trinajstić information content (AvgIpc) is 2.15. The standard InChI is InChI=1S/C9H10BrF2NO.ClH/c1-2-6(13)7-8(12)5(11)3-4(10)9(7)14;/h3,6,14H,2,13H2,1H3;1H/t6-;/m0./s1. The molecular formula is C9H11BrClF2NO. The van der Waals surface area contributed by atoms with E-state index in [1.54, 1.807) is 6.92 Å². The molecule has 86 valence electrons. The molecule has 0 heterocycles. The fraction of sp³-hybridized carbons (Fsp3) is 0.333. The minimum Gasteiger partial charge on any atom is -0.506 e. The van der Waals surface area contributed by atoms with Crippen molar-refractivity contribution in [2.75, 3.05) is 0 Å². The Bertz CT molecular complexity index is 336. The highest BCUT2D eigenvalue weighted by molar-refractivity contribution is 9.10. The van der Waals surface area contributed by atoms with Crippen molar-refractivity contribution in [1.29, 1.82) is 0 Å². The van der Waals surface area contributed by atoms with Crippen LogP contribution < -0.4 is 5.73 Å². The molecule has 0 bridgehead atoms. The Morgan fingerprint density at radius 2 is 2.07 bits per heavy atom. The first-order valence-corrected chi connectivity index (χ1v) is 4.90. The third-order valence-corrected chi connectivity index (χ3v) is 2.60. The van der Waals surface area contributed by atoms with Gasteiger partial charge in [-0.1, -0.05) is 6.92 Å². The van der Waals surface area contributed by atoms with Crippen LogP contribution in [0.5, 0.6) is 5.75 Å². The zero-order chi connectivity index (χ0) is 10.9. The van der Waals surface area contributed by atoms with Crippen LogP contribution in [0, 0.1) is 11.6 Å². The predicted octanol–water partition coefficient (Wildman–Crippen LogP) is 3.26. The predicted molar refractivity (Wildman–Crippen MR) is 60.2 cm³/mol. The number of benzene rings is 1. The van der Waals surface area contributed by atoms with Crippen molar-refractivity contribution in [3.8, 4) is 5.75 Å². The van der Waals surface area contributed by atoms with Gasteiger partial charge in [0.2, 0.25) is 0 Å². The Hall–Kier alpha value is -0.390.